The average Bonchev–Trinajstić information content (AvgIpc) is 2.54. The van der Waals surface area contributed by atoms with Gasteiger partial charge < -0.3 is 0 Å². The Morgan fingerprint density at radius 3 is 1.92 bits per heavy atom. The predicted octanol–water partition coefficient (Wildman–Crippen LogP) is 3.65. The first-order valence-electron chi connectivity index (χ1n) is 7.69. The summed E-state index contributed by atoms with van der Waals surface area (Å²) in [7, 11) is -7.73. The first-order valence-corrected chi connectivity index (χ1v) is 10.7. The van der Waals surface area contributed by atoms with Crippen LogP contribution < -0.4 is 0 Å². The van der Waals surface area contributed by atoms with E-state index in [-0.39, 0.29) is 14.7 Å². The van der Waals surface area contributed by atoms with Crippen molar-refractivity contribution < 1.29 is 16.8 Å². The van der Waals surface area contributed by atoms with Crippen molar-refractivity contribution in [3.8, 4) is 0 Å². The molecule has 0 spiro atoms. The van der Waals surface area contributed by atoms with E-state index in [1.165, 1.54) is 24.3 Å². The van der Waals surface area contributed by atoms with Gasteiger partial charge in [-0.25, -0.2) is 16.8 Å². The van der Waals surface area contributed by atoms with Crippen LogP contribution in [0.25, 0.3) is 0 Å². The van der Waals surface area contributed by atoms with Crippen LogP contribution in [0.15, 0.2) is 63.2 Å². The molecule has 0 saturated carbocycles. The third kappa shape index (κ3) is 3.26. The van der Waals surface area contributed by atoms with Gasteiger partial charge in [0.1, 0.15) is 0 Å². The highest BCUT2D eigenvalue weighted by atomic mass is 32.2. The van der Waals surface area contributed by atoms with E-state index >= 15 is 0 Å². The van der Waals surface area contributed by atoms with Crippen molar-refractivity contribution in [3.63, 3.8) is 0 Å². The maximum Gasteiger partial charge on any atom is 0.207 e. The molecule has 0 aliphatic rings. The minimum atomic E-state index is -3.92. The fourth-order valence-corrected chi connectivity index (χ4v) is 5.56. The second-order valence-electron chi connectivity index (χ2n) is 6.57. The minimum absolute atomic E-state index is 0.0830. The fraction of sp³-hybridized carbons (Fsp3) is 0.333. The van der Waals surface area contributed by atoms with Gasteiger partial charge in [0.05, 0.1) is 19.4 Å². The van der Waals surface area contributed by atoms with Gasteiger partial charge in [0.2, 0.25) is 9.84 Å². The Bertz CT molecular complexity index is 936. The molecule has 0 heterocycles. The number of rotatable bonds is 4. The zero-order valence-electron chi connectivity index (χ0n) is 14.3. The van der Waals surface area contributed by atoms with Gasteiger partial charge in [-0.2, -0.15) is 0 Å². The van der Waals surface area contributed by atoms with E-state index in [2.05, 4.69) is 0 Å². The molecular weight excluding hydrogens is 344 g/mol. The molecule has 6 heteroatoms. The smallest absolute Gasteiger partial charge is 0.207 e. The van der Waals surface area contributed by atoms with Gasteiger partial charge in [0, 0.05) is 0 Å². The third-order valence-corrected chi connectivity index (χ3v) is 8.34. The molecule has 0 aliphatic heterocycles. The normalized spacial score (nSPS) is 13.0. The van der Waals surface area contributed by atoms with Crippen LogP contribution in [0.1, 0.15) is 33.3 Å². The summed E-state index contributed by atoms with van der Waals surface area (Å²) in [5, 5.41) is 0. The number of hydrogen-bond donors (Lipinski definition) is 0. The van der Waals surface area contributed by atoms with Gasteiger partial charge in [-0.15, -0.1) is 0 Å². The Kier molecular flexibility index (Phi) is 4.93. The fourth-order valence-electron chi connectivity index (χ4n) is 2.26. The number of benzene rings is 2. The highest BCUT2D eigenvalue weighted by molar-refractivity contribution is 7.95. The van der Waals surface area contributed by atoms with Crippen molar-refractivity contribution in [2.45, 2.75) is 53.5 Å². The van der Waals surface area contributed by atoms with Crippen molar-refractivity contribution in [1.82, 2.24) is 0 Å². The Morgan fingerprint density at radius 1 is 0.833 bits per heavy atom. The number of sulfone groups is 2. The van der Waals surface area contributed by atoms with Crippen molar-refractivity contribution >= 4 is 19.7 Å². The SMILES string of the molecule is CCc1ccc(S(=O)(=O)c2ccccc2)c(S(=O)(=O)C(C)(C)C)c1. The maximum absolute atomic E-state index is 13.0. The Labute approximate surface area is 144 Å². The van der Waals surface area contributed by atoms with E-state index in [9.17, 15) is 16.8 Å². The topological polar surface area (TPSA) is 68.3 Å². The summed E-state index contributed by atoms with van der Waals surface area (Å²) >= 11 is 0. The molecule has 0 amide bonds. The molecule has 0 fully saturated rings. The molecule has 4 nitrogen and oxygen atoms in total. The summed E-state index contributed by atoms with van der Waals surface area (Å²) in [5.41, 5.74) is 0.782. The molecular formula is C18H22O4S2. The highest BCUT2D eigenvalue weighted by Gasteiger charge is 2.36. The summed E-state index contributed by atoms with van der Waals surface area (Å²) in [6.07, 6.45) is 0.623. The van der Waals surface area contributed by atoms with E-state index in [1.54, 1.807) is 45.0 Å². The lowest BCUT2D eigenvalue weighted by atomic mass is 10.2. The Hall–Kier alpha value is -1.66. The van der Waals surface area contributed by atoms with Gasteiger partial charge in [-0.1, -0.05) is 31.2 Å². The molecule has 0 aliphatic carbocycles. The van der Waals surface area contributed by atoms with Crippen molar-refractivity contribution in [2.24, 2.45) is 0 Å². The molecule has 2 aromatic rings. The molecule has 0 bridgehead atoms. The van der Waals surface area contributed by atoms with E-state index in [1.807, 2.05) is 6.92 Å². The molecule has 130 valence electrons. The second kappa shape index (κ2) is 6.33. The van der Waals surface area contributed by atoms with Gasteiger partial charge >= 0.3 is 0 Å². The Morgan fingerprint density at radius 2 is 1.42 bits per heavy atom. The molecule has 0 saturated heterocycles. The summed E-state index contributed by atoms with van der Waals surface area (Å²) in [4.78, 5) is -0.210. The van der Waals surface area contributed by atoms with Crippen LogP contribution in [0.3, 0.4) is 0 Å². The van der Waals surface area contributed by atoms with E-state index in [4.69, 9.17) is 0 Å². The van der Waals surface area contributed by atoms with Crippen molar-refractivity contribution in [3.05, 3.63) is 54.1 Å². The molecule has 0 radical (unpaired) electrons. The molecule has 0 aromatic heterocycles. The van der Waals surface area contributed by atoms with Gasteiger partial charge in [-0.3, -0.25) is 0 Å². The maximum atomic E-state index is 13.0. The quantitative estimate of drug-likeness (QED) is 0.828. The lowest BCUT2D eigenvalue weighted by Gasteiger charge is -2.22. The summed E-state index contributed by atoms with van der Waals surface area (Å²) in [6, 6.07) is 12.4. The number of hydrogen-bond acceptors (Lipinski definition) is 4. The largest absolute Gasteiger partial charge is 0.223 e. The zero-order chi connectivity index (χ0) is 18.2. The zero-order valence-corrected chi connectivity index (χ0v) is 15.9. The monoisotopic (exact) mass is 366 g/mol. The number of aryl methyl sites for hydroxylation is 1. The van der Waals surface area contributed by atoms with Gasteiger partial charge in [0.25, 0.3) is 0 Å². The molecule has 0 atom stereocenters. The molecule has 2 aromatic carbocycles. The first-order chi connectivity index (χ1) is 11.0. The van der Waals surface area contributed by atoms with Crippen LogP contribution >= 0.6 is 0 Å². The molecule has 24 heavy (non-hydrogen) atoms. The highest BCUT2D eigenvalue weighted by Crippen LogP contribution is 2.33. The van der Waals surface area contributed by atoms with Gasteiger partial charge in [0.15, 0.2) is 9.84 Å². The molecule has 2 rings (SSSR count). The van der Waals surface area contributed by atoms with Crippen LogP contribution in [0.5, 0.6) is 0 Å². The predicted molar refractivity (Wildman–Crippen MR) is 94.7 cm³/mol. The van der Waals surface area contributed by atoms with Crippen molar-refractivity contribution in [2.75, 3.05) is 0 Å². The lowest BCUT2D eigenvalue weighted by Crippen LogP contribution is -2.29. The molecule has 0 N–H and O–H groups in total. The van der Waals surface area contributed by atoms with Crippen LogP contribution in [-0.4, -0.2) is 21.6 Å². The van der Waals surface area contributed by atoms with E-state index < -0.39 is 24.4 Å². The van der Waals surface area contributed by atoms with Crippen molar-refractivity contribution in [1.29, 1.82) is 0 Å². The summed E-state index contributed by atoms with van der Waals surface area (Å²) in [6.45, 7) is 6.60. The second-order valence-corrected chi connectivity index (χ2v) is 11.2. The van der Waals surface area contributed by atoms with E-state index in [0.29, 0.717) is 6.42 Å². The van der Waals surface area contributed by atoms with Crippen LogP contribution in [0.2, 0.25) is 0 Å². The lowest BCUT2D eigenvalue weighted by molar-refractivity contribution is 0.554. The van der Waals surface area contributed by atoms with Gasteiger partial charge in [-0.05, 0) is 57.0 Å². The standard InChI is InChI=1S/C18H22O4S2/c1-5-14-11-12-16(17(13-14)24(21,22)18(2,3)4)23(19,20)15-9-7-6-8-10-15/h6-13H,5H2,1-4H3. The Balaban J connectivity index is 2.82. The van der Waals surface area contributed by atoms with E-state index in [0.717, 1.165) is 5.56 Å². The molecule has 0 unspecified atom stereocenters. The average molecular weight is 367 g/mol. The first kappa shape index (κ1) is 18.7. The third-order valence-electron chi connectivity index (χ3n) is 3.86. The van der Waals surface area contributed by atoms with Crippen LogP contribution in [0.4, 0.5) is 0 Å². The minimum Gasteiger partial charge on any atom is -0.223 e. The summed E-state index contributed by atoms with van der Waals surface area (Å²) < 4.78 is 50.7. The summed E-state index contributed by atoms with van der Waals surface area (Å²) in [5.74, 6) is 0. The van der Waals surface area contributed by atoms with Crippen LogP contribution in [-0.2, 0) is 26.1 Å². The van der Waals surface area contributed by atoms with Crippen LogP contribution in [0, 0.1) is 0 Å².